The van der Waals surface area contributed by atoms with Crippen molar-refractivity contribution >= 4 is 23.8 Å². The molecule has 1 N–H and O–H groups in total. The van der Waals surface area contributed by atoms with E-state index >= 15 is 0 Å². The van der Waals surface area contributed by atoms with Crippen molar-refractivity contribution in [3.63, 3.8) is 0 Å². The molecule has 1 aliphatic rings. The van der Waals surface area contributed by atoms with E-state index in [9.17, 15) is 19.2 Å². The minimum absolute atomic E-state index is 0.00684. The maximum atomic E-state index is 11.5. The third-order valence-corrected chi connectivity index (χ3v) is 2.13. The molecular formula is C10H13NO6. The number of carbonyl (C=O) groups is 4. The minimum Gasteiger partial charge on any atom is -0.413 e. The van der Waals surface area contributed by atoms with Gasteiger partial charge in [-0.1, -0.05) is 13.8 Å². The first kappa shape index (κ1) is 13.1. The Morgan fingerprint density at radius 1 is 1.18 bits per heavy atom. The summed E-state index contributed by atoms with van der Waals surface area (Å²) in [6.45, 7) is 3.04. The first-order valence-corrected chi connectivity index (χ1v) is 5.21. The zero-order valence-corrected chi connectivity index (χ0v) is 9.57. The second-order valence-electron chi connectivity index (χ2n) is 3.46. The SMILES string of the molecule is CCC(=O)OC1(OC(=O)CC)CC(=O)NC1=O. The molecule has 0 bridgehead atoms. The molecule has 1 saturated heterocycles. The Hall–Kier alpha value is -1.92. The van der Waals surface area contributed by atoms with Gasteiger partial charge in [-0.05, 0) is 0 Å². The van der Waals surface area contributed by atoms with E-state index in [0.29, 0.717) is 0 Å². The fourth-order valence-corrected chi connectivity index (χ4v) is 1.26. The van der Waals surface area contributed by atoms with Crippen LogP contribution in [0.1, 0.15) is 33.1 Å². The first-order chi connectivity index (χ1) is 7.93. The Morgan fingerprint density at radius 2 is 1.65 bits per heavy atom. The summed E-state index contributed by atoms with van der Waals surface area (Å²) in [5.74, 6) is -5.15. The topological polar surface area (TPSA) is 98.8 Å². The summed E-state index contributed by atoms with van der Waals surface area (Å²) in [6, 6.07) is 0. The van der Waals surface area contributed by atoms with Crippen LogP contribution in [0.4, 0.5) is 0 Å². The van der Waals surface area contributed by atoms with Gasteiger partial charge in [-0.25, -0.2) is 0 Å². The molecule has 7 nitrogen and oxygen atoms in total. The van der Waals surface area contributed by atoms with Crippen LogP contribution in [0.3, 0.4) is 0 Å². The summed E-state index contributed by atoms with van der Waals surface area (Å²) < 4.78 is 9.58. The zero-order valence-electron chi connectivity index (χ0n) is 9.57. The van der Waals surface area contributed by atoms with Gasteiger partial charge in [-0.3, -0.25) is 24.5 Å². The van der Waals surface area contributed by atoms with Crippen LogP contribution in [0.2, 0.25) is 0 Å². The number of esters is 2. The molecule has 7 heteroatoms. The van der Waals surface area contributed by atoms with Gasteiger partial charge in [0.15, 0.2) is 0 Å². The summed E-state index contributed by atoms with van der Waals surface area (Å²) >= 11 is 0. The Morgan fingerprint density at radius 3 is 1.94 bits per heavy atom. The average Bonchev–Trinajstić information content (AvgIpc) is 2.53. The maximum absolute atomic E-state index is 11.5. The molecule has 1 rings (SSSR count). The quantitative estimate of drug-likeness (QED) is 0.411. The molecule has 1 heterocycles. The number of hydrogen-bond donors (Lipinski definition) is 1. The van der Waals surface area contributed by atoms with E-state index in [1.807, 2.05) is 5.32 Å². The van der Waals surface area contributed by atoms with Gasteiger partial charge in [0.1, 0.15) is 6.42 Å². The summed E-state index contributed by atoms with van der Waals surface area (Å²) in [6.07, 6.45) is -0.483. The van der Waals surface area contributed by atoms with Crippen LogP contribution in [0.25, 0.3) is 0 Å². The molecule has 17 heavy (non-hydrogen) atoms. The maximum Gasteiger partial charge on any atom is 0.345 e. The van der Waals surface area contributed by atoms with Gasteiger partial charge < -0.3 is 9.47 Å². The summed E-state index contributed by atoms with van der Waals surface area (Å²) in [5, 5.41) is 1.93. The second-order valence-corrected chi connectivity index (χ2v) is 3.46. The molecule has 0 atom stereocenters. The lowest BCUT2D eigenvalue weighted by Crippen LogP contribution is -2.46. The lowest BCUT2D eigenvalue weighted by molar-refractivity contribution is -0.222. The van der Waals surface area contributed by atoms with E-state index in [2.05, 4.69) is 0 Å². The van der Waals surface area contributed by atoms with E-state index < -0.39 is 36.0 Å². The fourth-order valence-electron chi connectivity index (χ4n) is 1.26. The molecule has 0 radical (unpaired) electrons. The Bertz CT molecular complexity index is 357. The lowest BCUT2D eigenvalue weighted by Gasteiger charge is -2.24. The van der Waals surface area contributed by atoms with E-state index in [1.54, 1.807) is 0 Å². The van der Waals surface area contributed by atoms with Crippen molar-refractivity contribution in [3.8, 4) is 0 Å². The van der Waals surface area contributed by atoms with Gasteiger partial charge >= 0.3 is 23.6 Å². The summed E-state index contributed by atoms with van der Waals surface area (Å²) in [5.41, 5.74) is 0. The van der Waals surface area contributed by atoms with Crippen LogP contribution in [0.5, 0.6) is 0 Å². The fraction of sp³-hybridized carbons (Fsp3) is 0.600. The average molecular weight is 243 g/mol. The predicted octanol–water partition coefficient (Wildman–Crippen LogP) is -0.364. The van der Waals surface area contributed by atoms with Crippen molar-refractivity contribution in [2.75, 3.05) is 0 Å². The predicted molar refractivity (Wildman–Crippen MR) is 53.3 cm³/mol. The Kier molecular flexibility index (Phi) is 3.82. The van der Waals surface area contributed by atoms with Crippen LogP contribution in [0, 0.1) is 0 Å². The second kappa shape index (κ2) is 4.94. The Balaban J connectivity index is 2.92. The van der Waals surface area contributed by atoms with Crippen LogP contribution in [-0.4, -0.2) is 29.5 Å². The first-order valence-electron chi connectivity index (χ1n) is 5.21. The van der Waals surface area contributed by atoms with Gasteiger partial charge in [0, 0.05) is 12.8 Å². The number of amides is 2. The zero-order chi connectivity index (χ0) is 13.1. The Labute approximate surface area is 97.4 Å². The van der Waals surface area contributed by atoms with Crippen molar-refractivity contribution in [3.05, 3.63) is 0 Å². The molecule has 0 aromatic rings. The van der Waals surface area contributed by atoms with E-state index in [0.717, 1.165) is 0 Å². The van der Waals surface area contributed by atoms with Gasteiger partial charge in [0.05, 0.1) is 0 Å². The van der Waals surface area contributed by atoms with Crippen LogP contribution in [0.15, 0.2) is 0 Å². The van der Waals surface area contributed by atoms with Crippen molar-refractivity contribution in [2.24, 2.45) is 0 Å². The van der Waals surface area contributed by atoms with Crippen molar-refractivity contribution in [2.45, 2.75) is 38.9 Å². The highest BCUT2D eigenvalue weighted by Crippen LogP contribution is 2.25. The van der Waals surface area contributed by atoms with Crippen LogP contribution in [-0.2, 0) is 28.7 Å². The summed E-state index contributed by atoms with van der Waals surface area (Å²) in [4.78, 5) is 45.0. The van der Waals surface area contributed by atoms with Gasteiger partial charge in [-0.15, -0.1) is 0 Å². The monoisotopic (exact) mass is 243 g/mol. The molecule has 1 fully saturated rings. The number of nitrogens with one attached hydrogen (secondary N) is 1. The molecule has 1 aliphatic heterocycles. The van der Waals surface area contributed by atoms with E-state index in [4.69, 9.17) is 9.47 Å². The molecular weight excluding hydrogens is 230 g/mol. The third kappa shape index (κ3) is 2.80. The largest absolute Gasteiger partial charge is 0.413 e. The number of hydrogen-bond acceptors (Lipinski definition) is 6. The molecule has 0 aromatic heterocycles. The highest BCUT2D eigenvalue weighted by atomic mass is 16.7. The third-order valence-electron chi connectivity index (χ3n) is 2.13. The molecule has 0 aliphatic carbocycles. The molecule has 0 unspecified atom stereocenters. The minimum atomic E-state index is -2.13. The molecule has 0 saturated carbocycles. The van der Waals surface area contributed by atoms with E-state index in [1.165, 1.54) is 13.8 Å². The number of ether oxygens (including phenoxy) is 2. The number of rotatable bonds is 4. The number of carbonyl (C=O) groups excluding carboxylic acids is 4. The summed E-state index contributed by atoms with van der Waals surface area (Å²) in [7, 11) is 0. The van der Waals surface area contributed by atoms with Gasteiger partial charge in [-0.2, -0.15) is 0 Å². The molecule has 0 aromatic carbocycles. The van der Waals surface area contributed by atoms with Crippen molar-refractivity contribution in [1.82, 2.24) is 5.32 Å². The standard InChI is InChI=1S/C10H13NO6/c1-3-7(13)16-10(17-8(14)4-2)5-6(12)11-9(10)15/h3-5H2,1-2H3,(H,11,12,15). The smallest absolute Gasteiger partial charge is 0.345 e. The van der Waals surface area contributed by atoms with Crippen LogP contribution < -0.4 is 5.32 Å². The highest BCUT2D eigenvalue weighted by molar-refractivity contribution is 6.08. The van der Waals surface area contributed by atoms with Gasteiger partial charge in [0.2, 0.25) is 5.91 Å². The number of imide groups is 1. The lowest BCUT2D eigenvalue weighted by atomic mass is 10.2. The van der Waals surface area contributed by atoms with Crippen molar-refractivity contribution in [1.29, 1.82) is 0 Å². The molecule has 94 valence electrons. The van der Waals surface area contributed by atoms with Gasteiger partial charge in [0.25, 0.3) is 0 Å². The molecule has 2 amide bonds. The van der Waals surface area contributed by atoms with Crippen LogP contribution >= 0.6 is 0 Å². The molecule has 0 spiro atoms. The highest BCUT2D eigenvalue weighted by Gasteiger charge is 2.54. The van der Waals surface area contributed by atoms with Crippen molar-refractivity contribution < 1.29 is 28.7 Å². The van der Waals surface area contributed by atoms with E-state index in [-0.39, 0.29) is 12.8 Å². The normalized spacial score (nSPS) is 17.5.